The van der Waals surface area contributed by atoms with Crippen molar-refractivity contribution in [2.75, 3.05) is 0 Å². The van der Waals surface area contributed by atoms with Gasteiger partial charge in [-0.25, -0.2) is 15.0 Å². The van der Waals surface area contributed by atoms with E-state index in [9.17, 15) is 0 Å². The zero-order valence-electron chi connectivity index (χ0n) is 27.2. The maximum Gasteiger partial charge on any atom is 0.164 e. The Balaban J connectivity index is 1.27. The van der Waals surface area contributed by atoms with Gasteiger partial charge in [-0.2, -0.15) is 0 Å². The first kappa shape index (κ1) is 29.4. The molecular weight excluding hydrogens is 607 g/mol. The third kappa shape index (κ3) is 5.51. The summed E-state index contributed by atoms with van der Waals surface area (Å²) in [5, 5.41) is 4.70. The topological polar surface area (TPSA) is 38.7 Å². The zero-order chi connectivity index (χ0) is 33.3. The first-order chi connectivity index (χ1) is 24.8. The molecule has 0 fully saturated rings. The number of hydrogen-bond donors (Lipinski definition) is 0. The van der Waals surface area contributed by atoms with Crippen LogP contribution in [0, 0.1) is 0 Å². The van der Waals surface area contributed by atoms with Crippen LogP contribution in [0.5, 0.6) is 0 Å². The molecule has 0 aliphatic carbocycles. The summed E-state index contributed by atoms with van der Waals surface area (Å²) < 4.78 is 0. The van der Waals surface area contributed by atoms with Gasteiger partial charge >= 0.3 is 0 Å². The van der Waals surface area contributed by atoms with Gasteiger partial charge in [0.05, 0.1) is 0 Å². The molecule has 0 N–H and O–H groups in total. The average Bonchev–Trinajstić information content (AvgIpc) is 3.21. The minimum absolute atomic E-state index is 0.631. The maximum atomic E-state index is 5.25. The molecule has 0 spiro atoms. The number of nitrogens with zero attached hydrogens (tertiary/aromatic N) is 3. The minimum Gasteiger partial charge on any atom is -0.208 e. The van der Waals surface area contributed by atoms with Gasteiger partial charge in [-0.05, 0) is 79.2 Å². The second-order valence-electron chi connectivity index (χ2n) is 12.4. The number of rotatable bonds is 6. The number of hydrogen-bond acceptors (Lipinski definition) is 3. The Morgan fingerprint density at radius 1 is 0.240 bits per heavy atom. The summed E-state index contributed by atoms with van der Waals surface area (Å²) in [7, 11) is 0. The van der Waals surface area contributed by atoms with Crippen LogP contribution in [-0.4, -0.2) is 15.0 Å². The lowest BCUT2D eigenvalue weighted by molar-refractivity contribution is 1.08. The molecule has 234 valence electrons. The van der Waals surface area contributed by atoms with Gasteiger partial charge in [-0.15, -0.1) is 0 Å². The lowest BCUT2D eigenvalue weighted by Crippen LogP contribution is -2.01. The molecule has 1 heterocycles. The quantitative estimate of drug-likeness (QED) is 0.182. The first-order valence-electron chi connectivity index (χ1n) is 16.9. The van der Waals surface area contributed by atoms with E-state index in [-0.39, 0.29) is 0 Å². The fourth-order valence-corrected chi connectivity index (χ4v) is 6.88. The third-order valence-corrected chi connectivity index (χ3v) is 9.32. The predicted octanol–water partition coefficient (Wildman–Crippen LogP) is 12.2. The maximum absolute atomic E-state index is 5.25. The molecule has 8 aromatic carbocycles. The predicted molar refractivity (Wildman–Crippen MR) is 207 cm³/mol. The van der Waals surface area contributed by atoms with Crippen molar-refractivity contribution in [3.63, 3.8) is 0 Å². The normalized spacial score (nSPS) is 11.2. The summed E-state index contributed by atoms with van der Waals surface area (Å²) in [6.45, 7) is 0. The van der Waals surface area contributed by atoms with Crippen molar-refractivity contribution in [2.45, 2.75) is 0 Å². The third-order valence-electron chi connectivity index (χ3n) is 9.32. The molecule has 0 bridgehead atoms. The van der Waals surface area contributed by atoms with Crippen molar-refractivity contribution in [1.82, 2.24) is 15.0 Å². The Kier molecular flexibility index (Phi) is 7.49. The smallest absolute Gasteiger partial charge is 0.164 e. The monoisotopic (exact) mass is 637 g/mol. The van der Waals surface area contributed by atoms with Gasteiger partial charge < -0.3 is 0 Å². The Bertz CT molecular complexity index is 2570. The molecule has 9 aromatic rings. The Morgan fingerprint density at radius 2 is 0.660 bits per heavy atom. The second kappa shape index (κ2) is 12.7. The first-order valence-corrected chi connectivity index (χ1v) is 16.9. The van der Waals surface area contributed by atoms with Gasteiger partial charge in [0.15, 0.2) is 17.5 Å². The molecule has 0 unspecified atom stereocenters. The van der Waals surface area contributed by atoms with Crippen molar-refractivity contribution in [3.05, 3.63) is 188 Å². The molecule has 0 aliphatic heterocycles. The highest BCUT2D eigenvalue weighted by Crippen LogP contribution is 2.39. The highest BCUT2D eigenvalue weighted by atomic mass is 15.0. The van der Waals surface area contributed by atoms with E-state index in [4.69, 9.17) is 15.0 Å². The Hall–Kier alpha value is -6.71. The van der Waals surface area contributed by atoms with Crippen molar-refractivity contribution >= 4 is 21.5 Å². The number of benzene rings is 8. The Morgan fingerprint density at radius 3 is 1.30 bits per heavy atom. The van der Waals surface area contributed by atoms with E-state index in [0.717, 1.165) is 49.7 Å². The minimum atomic E-state index is 0.631. The molecular formula is C47H31N3. The van der Waals surface area contributed by atoms with Crippen LogP contribution in [-0.2, 0) is 0 Å². The van der Waals surface area contributed by atoms with E-state index in [2.05, 4.69) is 158 Å². The summed E-state index contributed by atoms with van der Waals surface area (Å²) in [6.07, 6.45) is 0. The van der Waals surface area contributed by atoms with E-state index < -0.39 is 0 Å². The van der Waals surface area contributed by atoms with Crippen LogP contribution in [0.2, 0.25) is 0 Å². The lowest BCUT2D eigenvalue weighted by atomic mass is 9.92. The van der Waals surface area contributed by atoms with Gasteiger partial charge in [0.2, 0.25) is 0 Å². The van der Waals surface area contributed by atoms with Crippen LogP contribution in [0.25, 0.3) is 89.1 Å². The van der Waals surface area contributed by atoms with E-state index in [1.807, 2.05) is 30.3 Å². The summed E-state index contributed by atoms with van der Waals surface area (Å²) in [4.78, 5) is 15.5. The van der Waals surface area contributed by atoms with Gasteiger partial charge in [0.25, 0.3) is 0 Å². The number of fused-ring (bicyclic) bond motifs is 2. The molecule has 3 heteroatoms. The van der Waals surface area contributed by atoms with Crippen LogP contribution in [0.15, 0.2) is 188 Å². The summed E-state index contributed by atoms with van der Waals surface area (Å²) in [6, 6.07) is 65.8. The van der Waals surface area contributed by atoms with Gasteiger partial charge in [-0.1, -0.05) is 164 Å². The van der Waals surface area contributed by atoms with Gasteiger partial charge in [-0.3, -0.25) is 0 Å². The zero-order valence-corrected chi connectivity index (χ0v) is 27.2. The van der Waals surface area contributed by atoms with Crippen molar-refractivity contribution < 1.29 is 0 Å². The second-order valence-corrected chi connectivity index (χ2v) is 12.4. The van der Waals surface area contributed by atoms with Crippen LogP contribution >= 0.6 is 0 Å². The molecule has 0 atom stereocenters. The standard InChI is InChI=1S/C47H31N3/c1-4-15-32(16-5-1)36-29-37(33-17-6-2-7-18-33)31-38(30-36)46-48-45(35-20-8-3-9-21-35)49-47(50-46)44-28-27-43(41-24-12-13-25-42(41)44)40-26-14-22-34-19-10-11-23-39(34)40/h1-31H. The molecule has 3 nitrogen and oxygen atoms in total. The summed E-state index contributed by atoms with van der Waals surface area (Å²) in [5.41, 5.74) is 9.72. The fraction of sp³-hybridized carbons (Fsp3) is 0. The number of aromatic nitrogens is 3. The lowest BCUT2D eigenvalue weighted by Gasteiger charge is -2.15. The molecule has 0 radical (unpaired) electrons. The van der Waals surface area contributed by atoms with Crippen LogP contribution in [0.3, 0.4) is 0 Å². The van der Waals surface area contributed by atoms with E-state index in [1.165, 1.54) is 21.9 Å². The summed E-state index contributed by atoms with van der Waals surface area (Å²) >= 11 is 0. The van der Waals surface area contributed by atoms with Crippen LogP contribution in [0.1, 0.15) is 0 Å². The molecule has 0 saturated heterocycles. The van der Waals surface area contributed by atoms with Crippen LogP contribution < -0.4 is 0 Å². The average molecular weight is 638 g/mol. The molecule has 0 aliphatic rings. The molecule has 1 aromatic heterocycles. The van der Waals surface area contributed by atoms with E-state index in [0.29, 0.717) is 17.5 Å². The highest BCUT2D eigenvalue weighted by Gasteiger charge is 2.18. The van der Waals surface area contributed by atoms with Gasteiger partial charge in [0, 0.05) is 16.7 Å². The van der Waals surface area contributed by atoms with Gasteiger partial charge in [0.1, 0.15) is 0 Å². The Labute approximate surface area is 291 Å². The summed E-state index contributed by atoms with van der Waals surface area (Å²) in [5.74, 6) is 1.91. The largest absolute Gasteiger partial charge is 0.208 e. The SMILES string of the molecule is c1ccc(-c2cc(-c3ccccc3)cc(-c3nc(-c4ccccc4)nc(-c4ccc(-c5cccc6ccccc56)c5ccccc45)n3)c2)cc1. The van der Waals surface area contributed by atoms with Crippen molar-refractivity contribution in [1.29, 1.82) is 0 Å². The van der Waals surface area contributed by atoms with Crippen molar-refractivity contribution in [2.24, 2.45) is 0 Å². The van der Waals surface area contributed by atoms with Crippen LogP contribution in [0.4, 0.5) is 0 Å². The van der Waals surface area contributed by atoms with E-state index in [1.54, 1.807) is 0 Å². The molecule has 0 saturated carbocycles. The molecule has 50 heavy (non-hydrogen) atoms. The van der Waals surface area contributed by atoms with Crippen molar-refractivity contribution in [3.8, 4) is 67.5 Å². The molecule has 9 rings (SSSR count). The fourth-order valence-electron chi connectivity index (χ4n) is 6.88. The molecule has 0 amide bonds. The highest BCUT2D eigenvalue weighted by molar-refractivity contribution is 6.09. The van der Waals surface area contributed by atoms with E-state index >= 15 is 0 Å².